The average molecular weight is 313 g/mol. The fourth-order valence-corrected chi connectivity index (χ4v) is 2.38. The first-order valence-corrected chi connectivity index (χ1v) is 7.64. The molecule has 0 radical (unpaired) electrons. The summed E-state index contributed by atoms with van der Waals surface area (Å²) in [5.41, 5.74) is 4.00. The van der Waals surface area contributed by atoms with Crippen molar-refractivity contribution in [2.45, 2.75) is 26.4 Å². The van der Waals surface area contributed by atoms with Gasteiger partial charge in [-0.25, -0.2) is 0 Å². The Labute approximate surface area is 137 Å². The summed E-state index contributed by atoms with van der Waals surface area (Å²) in [6.45, 7) is 4.19. The molecule has 1 unspecified atom stereocenters. The number of ether oxygens (including phenoxy) is 1. The highest BCUT2D eigenvalue weighted by molar-refractivity contribution is 5.79. The minimum absolute atomic E-state index is 0.0914. The first-order valence-electron chi connectivity index (χ1n) is 7.64. The third kappa shape index (κ3) is 4.83. The number of hydrogen-bond acceptors (Lipinski definition) is 3. The summed E-state index contributed by atoms with van der Waals surface area (Å²) in [6.07, 6.45) is -0.411. The Morgan fingerprint density at radius 2 is 1.87 bits per heavy atom. The van der Waals surface area contributed by atoms with Gasteiger partial charge in [0.2, 0.25) is 5.91 Å². The minimum atomic E-state index is -0.733. The van der Waals surface area contributed by atoms with Crippen LogP contribution in [0.25, 0.3) is 0 Å². The lowest BCUT2D eigenvalue weighted by Gasteiger charge is -2.13. The molecule has 2 rings (SSSR count). The van der Waals surface area contributed by atoms with Gasteiger partial charge in [0.1, 0.15) is 5.75 Å². The molecule has 0 bridgehead atoms. The second-order valence-electron chi connectivity index (χ2n) is 5.70. The molecule has 0 fully saturated rings. The SMILES string of the molecule is COc1ccc(C(O)CNC(=O)Cc2cc(C)ccc2C)cc1. The van der Waals surface area contributed by atoms with Gasteiger partial charge in [-0.2, -0.15) is 0 Å². The maximum absolute atomic E-state index is 12.1. The van der Waals surface area contributed by atoms with Gasteiger partial charge in [0.15, 0.2) is 0 Å². The van der Waals surface area contributed by atoms with Crippen LogP contribution in [0.5, 0.6) is 5.75 Å². The monoisotopic (exact) mass is 313 g/mol. The fraction of sp³-hybridized carbons (Fsp3) is 0.316. The number of benzene rings is 2. The predicted octanol–water partition coefficient (Wildman–Crippen LogP) is 2.70. The standard InChI is InChI=1S/C19H23NO3/c1-13-4-5-14(2)16(10-13)11-19(22)20-12-18(21)15-6-8-17(23-3)9-7-15/h4-10,18,21H,11-12H2,1-3H3,(H,20,22). The molecule has 0 saturated carbocycles. The second-order valence-corrected chi connectivity index (χ2v) is 5.70. The lowest BCUT2D eigenvalue weighted by atomic mass is 10.0. The highest BCUT2D eigenvalue weighted by Gasteiger charge is 2.11. The molecule has 0 heterocycles. The Morgan fingerprint density at radius 1 is 1.17 bits per heavy atom. The molecule has 0 aliphatic rings. The van der Waals surface area contributed by atoms with E-state index in [4.69, 9.17) is 4.74 Å². The molecular formula is C19H23NO3. The Bertz CT molecular complexity index is 665. The van der Waals surface area contributed by atoms with Crippen LogP contribution in [0, 0.1) is 13.8 Å². The highest BCUT2D eigenvalue weighted by atomic mass is 16.5. The van der Waals surface area contributed by atoms with E-state index in [0.717, 1.165) is 28.0 Å². The van der Waals surface area contributed by atoms with E-state index in [1.54, 1.807) is 31.4 Å². The number of nitrogens with one attached hydrogen (secondary N) is 1. The summed E-state index contributed by atoms with van der Waals surface area (Å²) in [4.78, 5) is 12.1. The van der Waals surface area contributed by atoms with Crippen molar-refractivity contribution in [3.63, 3.8) is 0 Å². The molecule has 2 N–H and O–H groups in total. The van der Waals surface area contributed by atoms with Crippen LogP contribution in [-0.4, -0.2) is 24.7 Å². The number of aryl methyl sites for hydroxylation is 2. The van der Waals surface area contributed by atoms with Gasteiger partial charge < -0.3 is 15.2 Å². The topological polar surface area (TPSA) is 58.6 Å². The minimum Gasteiger partial charge on any atom is -0.497 e. The molecule has 4 heteroatoms. The third-order valence-corrected chi connectivity index (χ3v) is 3.85. The molecule has 2 aromatic rings. The van der Waals surface area contributed by atoms with Crippen LogP contribution in [0.15, 0.2) is 42.5 Å². The molecule has 0 saturated heterocycles. The largest absolute Gasteiger partial charge is 0.497 e. The van der Waals surface area contributed by atoms with Crippen molar-refractivity contribution in [1.29, 1.82) is 0 Å². The molecule has 0 aliphatic carbocycles. The zero-order valence-corrected chi connectivity index (χ0v) is 13.8. The third-order valence-electron chi connectivity index (χ3n) is 3.85. The normalized spacial score (nSPS) is 11.8. The number of amides is 1. The van der Waals surface area contributed by atoms with Gasteiger partial charge in [-0.05, 0) is 42.7 Å². The van der Waals surface area contributed by atoms with E-state index in [-0.39, 0.29) is 12.5 Å². The summed E-state index contributed by atoms with van der Waals surface area (Å²) < 4.78 is 5.08. The summed E-state index contributed by atoms with van der Waals surface area (Å²) in [6, 6.07) is 13.2. The average Bonchev–Trinajstić information content (AvgIpc) is 2.56. The van der Waals surface area contributed by atoms with Gasteiger partial charge >= 0.3 is 0 Å². The lowest BCUT2D eigenvalue weighted by Crippen LogP contribution is -2.29. The summed E-state index contributed by atoms with van der Waals surface area (Å²) >= 11 is 0. The van der Waals surface area contributed by atoms with Gasteiger partial charge in [-0.1, -0.05) is 35.9 Å². The zero-order chi connectivity index (χ0) is 16.8. The molecule has 1 atom stereocenters. The fourth-order valence-electron chi connectivity index (χ4n) is 2.38. The van der Waals surface area contributed by atoms with E-state index in [9.17, 15) is 9.90 Å². The van der Waals surface area contributed by atoms with E-state index < -0.39 is 6.10 Å². The van der Waals surface area contributed by atoms with Crippen LogP contribution in [0.3, 0.4) is 0 Å². The van der Waals surface area contributed by atoms with E-state index in [1.165, 1.54) is 0 Å². The smallest absolute Gasteiger partial charge is 0.224 e. The van der Waals surface area contributed by atoms with Crippen molar-refractivity contribution in [3.8, 4) is 5.75 Å². The van der Waals surface area contributed by atoms with Crippen molar-refractivity contribution in [2.24, 2.45) is 0 Å². The van der Waals surface area contributed by atoms with Crippen LogP contribution in [0.2, 0.25) is 0 Å². The first-order chi connectivity index (χ1) is 11.0. The molecule has 122 valence electrons. The first kappa shape index (κ1) is 17.0. The Morgan fingerprint density at radius 3 is 2.52 bits per heavy atom. The molecule has 2 aromatic carbocycles. The summed E-state index contributed by atoms with van der Waals surface area (Å²) in [5.74, 6) is 0.645. The van der Waals surface area contributed by atoms with E-state index >= 15 is 0 Å². The van der Waals surface area contributed by atoms with Crippen molar-refractivity contribution in [2.75, 3.05) is 13.7 Å². The van der Waals surface area contributed by atoms with Crippen molar-refractivity contribution >= 4 is 5.91 Å². The maximum Gasteiger partial charge on any atom is 0.224 e. The molecule has 23 heavy (non-hydrogen) atoms. The molecule has 0 aliphatic heterocycles. The zero-order valence-electron chi connectivity index (χ0n) is 13.8. The van der Waals surface area contributed by atoms with Gasteiger partial charge in [-0.15, -0.1) is 0 Å². The molecular weight excluding hydrogens is 290 g/mol. The van der Waals surface area contributed by atoms with Gasteiger partial charge in [-0.3, -0.25) is 4.79 Å². The van der Waals surface area contributed by atoms with Crippen LogP contribution in [0.4, 0.5) is 0 Å². The van der Waals surface area contributed by atoms with Crippen LogP contribution >= 0.6 is 0 Å². The van der Waals surface area contributed by atoms with Crippen molar-refractivity contribution in [3.05, 3.63) is 64.7 Å². The lowest BCUT2D eigenvalue weighted by molar-refractivity contribution is -0.120. The van der Waals surface area contributed by atoms with Crippen LogP contribution in [-0.2, 0) is 11.2 Å². The van der Waals surface area contributed by atoms with Crippen LogP contribution < -0.4 is 10.1 Å². The number of rotatable bonds is 6. The molecule has 0 spiro atoms. The number of aliphatic hydroxyl groups excluding tert-OH is 1. The second kappa shape index (κ2) is 7.79. The Kier molecular flexibility index (Phi) is 5.77. The Balaban J connectivity index is 1.89. The van der Waals surface area contributed by atoms with Crippen LogP contribution in [0.1, 0.15) is 28.4 Å². The van der Waals surface area contributed by atoms with E-state index in [2.05, 4.69) is 5.32 Å². The van der Waals surface area contributed by atoms with Crippen molar-refractivity contribution in [1.82, 2.24) is 5.32 Å². The predicted molar refractivity (Wildman–Crippen MR) is 90.6 cm³/mol. The quantitative estimate of drug-likeness (QED) is 0.862. The number of hydrogen-bond donors (Lipinski definition) is 2. The number of aliphatic hydroxyl groups is 1. The van der Waals surface area contributed by atoms with E-state index in [1.807, 2.05) is 32.0 Å². The molecule has 4 nitrogen and oxygen atoms in total. The number of carbonyl (C=O) groups is 1. The van der Waals surface area contributed by atoms with E-state index in [0.29, 0.717) is 6.42 Å². The number of carbonyl (C=O) groups excluding carboxylic acids is 1. The van der Waals surface area contributed by atoms with Gasteiger partial charge in [0.05, 0.1) is 19.6 Å². The molecule has 0 aromatic heterocycles. The maximum atomic E-state index is 12.1. The number of methoxy groups -OCH3 is 1. The van der Waals surface area contributed by atoms with Crippen molar-refractivity contribution < 1.29 is 14.6 Å². The highest BCUT2D eigenvalue weighted by Crippen LogP contribution is 2.17. The Hall–Kier alpha value is -2.33. The molecule has 1 amide bonds. The summed E-state index contributed by atoms with van der Waals surface area (Å²) in [5, 5.41) is 12.9. The summed E-state index contributed by atoms with van der Waals surface area (Å²) in [7, 11) is 1.60. The van der Waals surface area contributed by atoms with Gasteiger partial charge in [0.25, 0.3) is 0 Å². The van der Waals surface area contributed by atoms with Gasteiger partial charge in [0, 0.05) is 6.54 Å².